The molecule has 0 amide bonds. The molecule has 0 unspecified atom stereocenters. The Balaban J connectivity index is 1.35. The van der Waals surface area contributed by atoms with Crippen LogP contribution in [0, 0.1) is 0 Å². The minimum Gasteiger partial charge on any atom is -0.497 e. The molecule has 1 N–H and O–H groups in total. The molecule has 2 fully saturated rings. The summed E-state index contributed by atoms with van der Waals surface area (Å²) in [5.74, 6) is 1.52. The summed E-state index contributed by atoms with van der Waals surface area (Å²) in [7, 11) is 1.66. The van der Waals surface area contributed by atoms with Gasteiger partial charge in [-0.1, -0.05) is 49.6 Å². The fraction of sp³-hybridized carbons (Fsp3) is 0.448. The van der Waals surface area contributed by atoms with E-state index in [1.165, 1.54) is 24.8 Å². The minimum absolute atomic E-state index is 0.0995. The molecule has 3 heterocycles. The van der Waals surface area contributed by atoms with Crippen molar-refractivity contribution in [3.63, 3.8) is 0 Å². The number of hydrogen-bond acceptors (Lipinski definition) is 7. The summed E-state index contributed by atoms with van der Waals surface area (Å²) in [4.78, 5) is 21.5. The molecule has 198 valence electrons. The number of benzene rings is 2. The summed E-state index contributed by atoms with van der Waals surface area (Å²) in [5.41, 5.74) is 2.68. The van der Waals surface area contributed by atoms with Crippen LogP contribution in [0.4, 0.5) is 0 Å². The van der Waals surface area contributed by atoms with Gasteiger partial charge in [-0.25, -0.2) is 4.68 Å². The number of H-pyrrole nitrogens is 1. The molecule has 0 radical (unpaired) electrons. The number of aromatic nitrogens is 5. The Morgan fingerprint density at radius 2 is 1.79 bits per heavy atom. The zero-order valence-corrected chi connectivity index (χ0v) is 21.9. The number of nitrogens with one attached hydrogen (secondary N) is 1. The number of aromatic amines is 1. The molecule has 1 atom stereocenters. The van der Waals surface area contributed by atoms with Gasteiger partial charge in [0.05, 0.1) is 13.2 Å². The Labute approximate surface area is 222 Å². The average molecular weight is 514 g/mol. The van der Waals surface area contributed by atoms with E-state index in [9.17, 15) is 4.79 Å². The van der Waals surface area contributed by atoms with E-state index in [-0.39, 0.29) is 17.6 Å². The van der Waals surface area contributed by atoms with Gasteiger partial charge >= 0.3 is 0 Å². The van der Waals surface area contributed by atoms with Crippen molar-refractivity contribution in [2.24, 2.45) is 0 Å². The molecule has 38 heavy (non-hydrogen) atoms. The lowest BCUT2D eigenvalue weighted by Gasteiger charge is -2.39. The van der Waals surface area contributed by atoms with E-state index in [2.05, 4.69) is 60.6 Å². The highest BCUT2D eigenvalue weighted by molar-refractivity contribution is 5.80. The van der Waals surface area contributed by atoms with Gasteiger partial charge in [0.1, 0.15) is 11.8 Å². The van der Waals surface area contributed by atoms with Gasteiger partial charge < -0.3 is 9.72 Å². The maximum atomic E-state index is 13.6. The van der Waals surface area contributed by atoms with Gasteiger partial charge in [-0.15, -0.1) is 5.10 Å². The first kappa shape index (κ1) is 24.8. The van der Waals surface area contributed by atoms with Gasteiger partial charge in [-0.3, -0.25) is 14.6 Å². The number of pyridine rings is 1. The minimum atomic E-state index is -0.329. The second-order valence-electron chi connectivity index (χ2n) is 10.5. The third-order valence-corrected chi connectivity index (χ3v) is 8.08. The van der Waals surface area contributed by atoms with Crippen LogP contribution in [0.1, 0.15) is 61.1 Å². The van der Waals surface area contributed by atoms with Crippen molar-refractivity contribution in [2.45, 2.75) is 50.7 Å². The van der Waals surface area contributed by atoms with E-state index >= 15 is 0 Å². The highest BCUT2D eigenvalue weighted by Crippen LogP contribution is 2.33. The molecule has 0 spiro atoms. The van der Waals surface area contributed by atoms with E-state index in [0.717, 1.165) is 68.0 Å². The van der Waals surface area contributed by atoms with Crippen LogP contribution in [0.2, 0.25) is 0 Å². The first-order valence-corrected chi connectivity index (χ1v) is 13.7. The van der Waals surface area contributed by atoms with E-state index in [4.69, 9.17) is 4.74 Å². The number of hydrogen-bond donors (Lipinski definition) is 1. The van der Waals surface area contributed by atoms with E-state index in [1.54, 1.807) is 7.11 Å². The number of fused-ring (bicyclic) bond motifs is 1. The highest BCUT2D eigenvalue weighted by Gasteiger charge is 2.34. The van der Waals surface area contributed by atoms with Crippen molar-refractivity contribution in [3.05, 3.63) is 81.9 Å². The zero-order valence-electron chi connectivity index (χ0n) is 21.9. The Hall–Kier alpha value is -3.56. The van der Waals surface area contributed by atoms with Crippen LogP contribution in [0.3, 0.4) is 0 Å². The van der Waals surface area contributed by atoms with Gasteiger partial charge in [0.15, 0.2) is 5.82 Å². The molecule has 4 aromatic rings. The van der Waals surface area contributed by atoms with Crippen LogP contribution >= 0.6 is 0 Å². The van der Waals surface area contributed by atoms with Crippen molar-refractivity contribution in [1.82, 2.24) is 35.0 Å². The van der Waals surface area contributed by atoms with Gasteiger partial charge in [-0.05, 0) is 53.1 Å². The lowest BCUT2D eigenvalue weighted by molar-refractivity contribution is 0.0982. The molecule has 2 aliphatic rings. The molecule has 6 rings (SSSR count). The molecule has 0 bridgehead atoms. The fourth-order valence-electron chi connectivity index (χ4n) is 6.02. The van der Waals surface area contributed by atoms with Crippen molar-refractivity contribution < 1.29 is 4.74 Å². The maximum absolute atomic E-state index is 13.6. The Morgan fingerprint density at radius 1 is 1.00 bits per heavy atom. The molecular weight excluding hydrogens is 478 g/mol. The maximum Gasteiger partial charge on any atom is 0.253 e. The summed E-state index contributed by atoms with van der Waals surface area (Å²) in [6, 6.07) is 18.3. The molecular formula is C29H35N7O2. The summed E-state index contributed by atoms with van der Waals surface area (Å²) in [6.45, 7) is 4.40. The van der Waals surface area contributed by atoms with Gasteiger partial charge in [0.25, 0.3) is 5.56 Å². The van der Waals surface area contributed by atoms with E-state index in [0.29, 0.717) is 5.56 Å². The quantitative estimate of drug-likeness (QED) is 0.400. The zero-order chi connectivity index (χ0) is 25.9. The van der Waals surface area contributed by atoms with Crippen molar-refractivity contribution >= 4 is 10.9 Å². The van der Waals surface area contributed by atoms with Gasteiger partial charge in [0.2, 0.25) is 0 Å². The summed E-state index contributed by atoms with van der Waals surface area (Å²) in [5, 5.41) is 14.1. The Morgan fingerprint density at radius 3 is 2.55 bits per heavy atom. The van der Waals surface area contributed by atoms with Gasteiger partial charge in [-0.2, -0.15) is 0 Å². The average Bonchev–Trinajstić information content (AvgIpc) is 3.45. The topological polar surface area (TPSA) is 92.2 Å². The molecule has 1 saturated carbocycles. The molecule has 2 aromatic heterocycles. The summed E-state index contributed by atoms with van der Waals surface area (Å²) < 4.78 is 7.47. The Kier molecular flexibility index (Phi) is 7.20. The van der Waals surface area contributed by atoms with E-state index in [1.807, 2.05) is 28.9 Å². The SMILES string of the molecule is COc1ccc2[nH]c(=O)c([C@H](c3nnnn3C3CCCCC3)N3CCN(Cc4ccccc4)CC3)cc2c1. The lowest BCUT2D eigenvalue weighted by Crippen LogP contribution is -2.48. The molecule has 9 heteroatoms. The van der Waals surface area contributed by atoms with Crippen LogP contribution in [0.5, 0.6) is 5.75 Å². The predicted molar refractivity (Wildman–Crippen MR) is 146 cm³/mol. The molecule has 1 aliphatic carbocycles. The van der Waals surface area contributed by atoms with Crippen LogP contribution in [0.25, 0.3) is 10.9 Å². The Bertz CT molecular complexity index is 1420. The number of methoxy groups -OCH3 is 1. The van der Waals surface area contributed by atoms with Crippen LogP contribution in [-0.2, 0) is 6.54 Å². The standard InChI is InChI=1S/C29H35N7O2/c1-38-24-12-13-26-22(18-24)19-25(29(37)30-26)27(28-31-32-33-36(28)23-10-6-3-7-11-23)35-16-14-34(15-17-35)20-21-8-4-2-5-9-21/h2,4-5,8-9,12-13,18-19,23,27H,3,6-7,10-11,14-17,20H2,1H3,(H,30,37)/t27-/m1/s1. The van der Waals surface area contributed by atoms with Crippen LogP contribution < -0.4 is 10.3 Å². The summed E-state index contributed by atoms with van der Waals surface area (Å²) in [6.07, 6.45) is 5.76. The molecule has 1 saturated heterocycles. The third kappa shape index (κ3) is 5.08. The lowest BCUT2D eigenvalue weighted by atomic mass is 9.95. The van der Waals surface area contributed by atoms with Gasteiger partial charge in [0, 0.05) is 49.2 Å². The first-order valence-electron chi connectivity index (χ1n) is 13.7. The predicted octanol–water partition coefficient (Wildman–Crippen LogP) is 3.94. The number of rotatable bonds is 7. The molecule has 1 aliphatic heterocycles. The fourth-order valence-corrected chi connectivity index (χ4v) is 6.02. The van der Waals surface area contributed by atoms with Crippen molar-refractivity contribution in [3.8, 4) is 5.75 Å². The van der Waals surface area contributed by atoms with Crippen molar-refractivity contribution in [2.75, 3.05) is 33.3 Å². The van der Waals surface area contributed by atoms with E-state index < -0.39 is 0 Å². The first-order chi connectivity index (χ1) is 18.7. The second kappa shape index (κ2) is 11.0. The second-order valence-corrected chi connectivity index (χ2v) is 10.5. The van der Waals surface area contributed by atoms with Crippen molar-refractivity contribution in [1.29, 1.82) is 0 Å². The normalized spacial score (nSPS) is 18.6. The number of piperazine rings is 1. The number of ether oxygens (including phenoxy) is 1. The molecule has 9 nitrogen and oxygen atoms in total. The van der Waals surface area contributed by atoms with Crippen LogP contribution in [0.15, 0.2) is 59.4 Å². The third-order valence-electron chi connectivity index (χ3n) is 8.08. The van der Waals surface area contributed by atoms with Crippen LogP contribution in [-0.4, -0.2) is 68.3 Å². The largest absolute Gasteiger partial charge is 0.497 e. The smallest absolute Gasteiger partial charge is 0.253 e. The highest BCUT2D eigenvalue weighted by atomic mass is 16.5. The summed E-state index contributed by atoms with van der Waals surface area (Å²) >= 11 is 0. The molecule has 2 aromatic carbocycles. The number of nitrogens with zero attached hydrogens (tertiary/aromatic N) is 6. The number of tetrazole rings is 1. The monoisotopic (exact) mass is 513 g/mol.